The van der Waals surface area contributed by atoms with Gasteiger partial charge in [-0.05, 0) is 43.0 Å². The summed E-state index contributed by atoms with van der Waals surface area (Å²) in [5, 5.41) is 4.69. The fourth-order valence-electron chi connectivity index (χ4n) is 4.53. The van der Waals surface area contributed by atoms with Gasteiger partial charge in [0.05, 0.1) is 11.9 Å². The molecule has 0 amide bonds. The van der Waals surface area contributed by atoms with Crippen LogP contribution < -0.4 is 4.74 Å². The van der Waals surface area contributed by atoms with E-state index in [4.69, 9.17) is 9.72 Å². The number of hydrogen-bond acceptors (Lipinski definition) is 3. The van der Waals surface area contributed by atoms with Crippen LogP contribution in [0.25, 0.3) is 16.8 Å². The van der Waals surface area contributed by atoms with E-state index in [9.17, 15) is 0 Å². The Kier molecular flexibility index (Phi) is 5.22. The van der Waals surface area contributed by atoms with Gasteiger partial charge >= 0.3 is 0 Å². The minimum absolute atomic E-state index is 0.535. The van der Waals surface area contributed by atoms with E-state index >= 15 is 0 Å². The molecule has 2 aromatic heterocycles. The smallest absolute Gasteiger partial charge is 0.158 e. The van der Waals surface area contributed by atoms with E-state index in [1.54, 1.807) is 0 Å². The zero-order chi connectivity index (χ0) is 20.3. The standard InChI is InChI=1S/C26H27N3O/c1-19-16-28-29-25(22-10-6-3-7-11-22)24(17-27-26(19)29)21-12-14-23(15-13-21)30-18-20-8-4-2-5-9-20/h2,4-5,8-9,12-17,22H,3,6-7,10-11,18H2,1H3. The monoisotopic (exact) mass is 397 g/mol. The molecule has 0 radical (unpaired) electrons. The van der Waals surface area contributed by atoms with E-state index in [0.717, 1.165) is 17.0 Å². The van der Waals surface area contributed by atoms with E-state index in [1.807, 2.05) is 30.6 Å². The topological polar surface area (TPSA) is 39.4 Å². The maximum Gasteiger partial charge on any atom is 0.158 e. The van der Waals surface area contributed by atoms with Crippen molar-refractivity contribution < 1.29 is 4.74 Å². The van der Waals surface area contributed by atoms with Crippen LogP contribution in [-0.2, 0) is 6.61 Å². The molecule has 0 N–H and O–H groups in total. The number of benzene rings is 2. The fourth-order valence-corrected chi connectivity index (χ4v) is 4.53. The largest absolute Gasteiger partial charge is 0.489 e. The van der Waals surface area contributed by atoms with Crippen LogP contribution in [0.1, 0.15) is 54.8 Å². The first-order valence-corrected chi connectivity index (χ1v) is 10.9. The van der Waals surface area contributed by atoms with E-state index in [1.165, 1.54) is 54.5 Å². The van der Waals surface area contributed by atoms with E-state index in [2.05, 4.69) is 52.9 Å². The highest BCUT2D eigenvalue weighted by Gasteiger charge is 2.23. The maximum absolute atomic E-state index is 5.97. The highest BCUT2D eigenvalue weighted by molar-refractivity contribution is 5.68. The van der Waals surface area contributed by atoms with Crippen molar-refractivity contribution in [2.45, 2.75) is 51.6 Å². The normalized spacial score (nSPS) is 14.8. The third-order valence-electron chi connectivity index (χ3n) is 6.15. The molecule has 0 unspecified atom stereocenters. The molecule has 0 atom stereocenters. The molecule has 0 bridgehead atoms. The van der Waals surface area contributed by atoms with Gasteiger partial charge in [-0.15, -0.1) is 0 Å². The van der Waals surface area contributed by atoms with Crippen LogP contribution in [0.5, 0.6) is 5.75 Å². The van der Waals surface area contributed by atoms with Crippen molar-refractivity contribution >= 4 is 5.65 Å². The van der Waals surface area contributed by atoms with E-state index in [0.29, 0.717) is 12.5 Å². The first-order chi connectivity index (χ1) is 14.8. The highest BCUT2D eigenvalue weighted by atomic mass is 16.5. The molecular formula is C26H27N3O. The van der Waals surface area contributed by atoms with Crippen LogP contribution in [0.15, 0.2) is 67.0 Å². The third-order valence-corrected chi connectivity index (χ3v) is 6.15. The zero-order valence-electron chi connectivity index (χ0n) is 17.4. The molecule has 0 saturated heterocycles. The Labute approximate surface area is 177 Å². The van der Waals surface area contributed by atoms with Crippen LogP contribution in [0.4, 0.5) is 0 Å². The minimum Gasteiger partial charge on any atom is -0.489 e. The lowest BCUT2D eigenvalue weighted by Gasteiger charge is -2.25. The number of aryl methyl sites for hydroxylation is 1. The Bertz CT molecular complexity index is 1130. The summed E-state index contributed by atoms with van der Waals surface area (Å²) in [4.78, 5) is 4.74. The summed E-state index contributed by atoms with van der Waals surface area (Å²) in [6.45, 7) is 2.66. The molecule has 1 aliphatic carbocycles. The number of aromatic nitrogens is 3. The van der Waals surface area contributed by atoms with E-state index < -0.39 is 0 Å². The zero-order valence-corrected chi connectivity index (χ0v) is 17.4. The van der Waals surface area contributed by atoms with Gasteiger partial charge in [0.15, 0.2) is 5.65 Å². The second kappa shape index (κ2) is 8.31. The summed E-state index contributed by atoms with van der Waals surface area (Å²) in [6.07, 6.45) is 10.3. The average Bonchev–Trinajstić information content (AvgIpc) is 3.19. The Morgan fingerprint density at radius 3 is 2.47 bits per heavy atom. The first kappa shape index (κ1) is 18.9. The van der Waals surface area contributed by atoms with Gasteiger partial charge in [-0.25, -0.2) is 9.50 Å². The lowest BCUT2D eigenvalue weighted by molar-refractivity contribution is 0.306. The predicted molar refractivity (Wildman–Crippen MR) is 120 cm³/mol. The quantitative estimate of drug-likeness (QED) is 0.395. The molecular weight excluding hydrogens is 370 g/mol. The third kappa shape index (κ3) is 3.70. The van der Waals surface area contributed by atoms with Crippen LogP contribution in [0.2, 0.25) is 0 Å². The highest BCUT2D eigenvalue weighted by Crippen LogP contribution is 2.38. The molecule has 1 fully saturated rings. The number of ether oxygens (including phenoxy) is 1. The van der Waals surface area contributed by atoms with Crippen molar-refractivity contribution in [3.8, 4) is 16.9 Å². The molecule has 4 heteroatoms. The van der Waals surface area contributed by atoms with Crippen molar-refractivity contribution in [1.29, 1.82) is 0 Å². The SMILES string of the molecule is Cc1cnn2c(C3CCCCC3)c(-c3ccc(OCc4ccccc4)cc3)cnc12. The predicted octanol–water partition coefficient (Wildman–Crippen LogP) is 6.33. The average molecular weight is 398 g/mol. The number of rotatable bonds is 5. The summed E-state index contributed by atoms with van der Waals surface area (Å²) in [5.41, 5.74) is 6.94. The molecule has 1 aliphatic rings. The lowest BCUT2D eigenvalue weighted by Crippen LogP contribution is -2.12. The van der Waals surface area contributed by atoms with Gasteiger partial charge in [-0.1, -0.05) is 61.7 Å². The number of hydrogen-bond donors (Lipinski definition) is 0. The van der Waals surface area contributed by atoms with Crippen LogP contribution in [-0.4, -0.2) is 14.6 Å². The van der Waals surface area contributed by atoms with Crippen molar-refractivity contribution in [2.75, 3.05) is 0 Å². The molecule has 30 heavy (non-hydrogen) atoms. The lowest BCUT2D eigenvalue weighted by atomic mass is 9.84. The molecule has 2 heterocycles. The Hall–Kier alpha value is -3.14. The molecule has 0 spiro atoms. The Morgan fingerprint density at radius 1 is 0.933 bits per heavy atom. The molecule has 4 aromatic rings. The molecule has 4 nitrogen and oxygen atoms in total. The van der Waals surface area contributed by atoms with Gasteiger partial charge in [0, 0.05) is 23.2 Å². The fraction of sp³-hybridized carbons (Fsp3) is 0.308. The van der Waals surface area contributed by atoms with Crippen molar-refractivity contribution in [3.63, 3.8) is 0 Å². The molecule has 152 valence electrons. The van der Waals surface area contributed by atoms with Crippen molar-refractivity contribution in [1.82, 2.24) is 14.6 Å². The summed E-state index contributed by atoms with van der Waals surface area (Å²) < 4.78 is 8.05. The molecule has 0 aliphatic heterocycles. The number of nitrogens with zero attached hydrogens (tertiary/aromatic N) is 3. The number of fused-ring (bicyclic) bond motifs is 1. The Morgan fingerprint density at radius 2 is 1.70 bits per heavy atom. The first-order valence-electron chi connectivity index (χ1n) is 10.9. The van der Waals surface area contributed by atoms with Crippen molar-refractivity contribution in [2.24, 2.45) is 0 Å². The minimum atomic E-state index is 0.535. The van der Waals surface area contributed by atoms with Gasteiger partial charge < -0.3 is 4.74 Å². The summed E-state index contributed by atoms with van der Waals surface area (Å²) in [7, 11) is 0. The van der Waals surface area contributed by atoms with E-state index in [-0.39, 0.29) is 0 Å². The molecule has 2 aromatic carbocycles. The van der Waals surface area contributed by atoms with Crippen molar-refractivity contribution in [3.05, 3.63) is 83.8 Å². The maximum atomic E-state index is 5.97. The molecule has 5 rings (SSSR count). The summed E-state index contributed by atoms with van der Waals surface area (Å²) in [5.74, 6) is 1.42. The Balaban J connectivity index is 1.46. The van der Waals surface area contributed by atoms with Gasteiger partial charge in [0.2, 0.25) is 0 Å². The van der Waals surface area contributed by atoms with Crippen LogP contribution >= 0.6 is 0 Å². The van der Waals surface area contributed by atoms with Gasteiger partial charge in [-0.3, -0.25) is 0 Å². The summed E-state index contributed by atoms with van der Waals surface area (Å²) >= 11 is 0. The van der Waals surface area contributed by atoms with Crippen LogP contribution in [0, 0.1) is 6.92 Å². The van der Waals surface area contributed by atoms with Crippen LogP contribution in [0.3, 0.4) is 0 Å². The summed E-state index contributed by atoms with van der Waals surface area (Å²) in [6, 6.07) is 18.7. The van der Waals surface area contributed by atoms with Gasteiger partial charge in [0.25, 0.3) is 0 Å². The van der Waals surface area contributed by atoms with Gasteiger partial charge in [-0.2, -0.15) is 5.10 Å². The second-order valence-corrected chi connectivity index (χ2v) is 8.25. The van der Waals surface area contributed by atoms with Gasteiger partial charge in [0.1, 0.15) is 12.4 Å². The second-order valence-electron chi connectivity index (χ2n) is 8.25. The molecule has 1 saturated carbocycles.